The number of pyridine rings is 1. The predicted octanol–water partition coefficient (Wildman–Crippen LogP) is 1.82. The number of aromatic amines is 1. The third kappa shape index (κ3) is 3.21. The lowest BCUT2D eigenvalue weighted by Gasteiger charge is -2.12. The highest BCUT2D eigenvalue weighted by Gasteiger charge is 2.07. The maximum atomic E-state index is 12.7. The van der Waals surface area contributed by atoms with Crippen molar-refractivity contribution in [1.29, 1.82) is 0 Å². The van der Waals surface area contributed by atoms with Crippen LogP contribution in [-0.4, -0.2) is 9.97 Å². The fourth-order valence-corrected chi connectivity index (χ4v) is 1.99. The first-order chi connectivity index (χ1) is 8.15. The van der Waals surface area contributed by atoms with E-state index in [0.717, 1.165) is 22.7 Å². The molecule has 17 heavy (non-hydrogen) atoms. The summed E-state index contributed by atoms with van der Waals surface area (Å²) in [6, 6.07) is 3.02. The van der Waals surface area contributed by atoms with Gasteiger partial charge in [-0.25, -0.2) is 4.39 Å². The molecule has 2 rings (SSSR count). The monoisotopic (exact) mass is 253 g/mol. The molecule has 0 aliphatic heterocycles. The van der Waals surface area contributed by atoms with Crippen LogP contribution in [0.1, 0.15) is 24.4 Å². The second-order valence-electron chi connectivity index (χ2n) is 3.68. The van der Waals surface area contributed by atoms with E-state index in [0.29, 0.717) is 6.54 Å². The van der Waals surface area contributed by atoms with E-state index >= 15 is 0 Å². The number of hydrogen-bond acceptors (Lipinski definition) is 4. The molecule has 0 fully saturated rings. The molecule has 1 atom stereocenters. The van der Waals surface area contributed by atoms with Gasteiger partial charge < -0.3 is 10.3 Å². The molecule has 2 aromatic rings. The highest BCUT2D eigenvalue weighted by Crippen LogP contribution is 2.10. The van der Waals surface area contributed by atoms with Gasteiger partial charge in [-0.1, -0.05) is 11.3 Å². The molecule has 0 amide bonds. The van der Waals surface area contributed by atoms with Crippen molar-refractivity contribution in [2.45, 2.75) is 19.5 Å². The largest absolute Gasteiger partial charge is 0.315 e. The van der Waals surface area contributed by atoms with Crippen LogP contribution in [0.2, 0.25) is 0 Å². The van der Waals surface area contributed by atoms with Gasteiger partial charge in [0.2, 0.25) is 0 Å². The van der Waals surface area contributed by atoms with Crippen LogP contribution in [0.15, 0.2) is 28.5 Å². The van der Waals surface area contributed by atoms with E-state index in [4.69, 9.17) is 0 Å². The topological polar surface area (TPSA) is 57.8 Å². The lowest BCUT2D eigenvalue weighted by Crippen LogP contribution is -2.19. The van der Waals surface area contributed by atoms with E-state index in [1.807, 2.05) is 6.92 Å². The number of halogens is 1. The third-order valence-electron chi connectivity index (χ3n) is 2.36. The van der Waals surface area contributed by atoms with Crippen LogP contribution in [0, 0.1) is 5.82 Å². The number of hydrogen-bond donors (Lipinski definition) is 2. The molecule has 0 bridgehead atoms. The van der Waals surface area contributed by atoms with Crippen molar-refractivity contribution < 1.29 is 4.39 Å². The first-order valence-corrected chi connectivity index (χ1v) is 6.04. The van der Waals surface area contributed by atoms with E-state index in [1.54, 1.807) is 11.4 Å². The molecule has 90 valence electrons. The quantitative estimate of drug-likeness (QED) is 0.874. The molecule has 0 saturated carbocycles. The van der Waals surface area contributed by atoms with Gasteiger partial charge in [-0.2, -0.15) is 0 Å². The Morgan fingerprint density at radius 2 is 2.41 bits per heavy atom. The first kappa shape index (κ1) is 11.9. The third-order valence-corrected chi connectivity index (χ3v) is 3.08. The van der Waals surface area contributed by atoms with Crippen LogP contribution in [0.3, 0.4) is 0 Å². The van der Waals surface area contributed by atoms with Gasteiger partial charge in [-0.3, -0.25) is 9.78 Å². The zero-order valence-electron chi connectivity index (χ0n) is 9.24. The summed E-state index contributed by atoms with van der Waals surface area (Å²) in [5.74, 6) is -0.344. The summed E-state index contributed by atoms with van der Waals surface area (Å²) in [6.07, 6.45) is 1.19. The summed E-state index contributed by atoms with van der Waals surface area (Å²) in [7, 11) is 0. The number of aromatic nitrogens is 2. The van der Waals surface area contributed by atoms with Crippen molar-refractivity contribution >= 4 is 11.3 Å². The average molecular weight is 253 g/mol. The normalized spacial score (nSPS) is 12.6. The van der Waals surface area contributed by atoms with Gasteiger partial charge in [0.25, 0.3) is 0 Å². The van der Waals surface area contributed by atoms with Crippen LogP contribution < -0.4 is 10.2 Å². The van der Waals surface area contributed by atoms with Gasteiger partial charge in [0.15, 0.2) is 0 Å². The Kier molecular flexibility index (Phi) is 3.65. The van der Waals surface area contributed by atoms with Crippen LogP contribution >= 0.6 is 11.3 Å². The minimum atomic E-state index is -0.344. The molecule has 2 N–H and O–H groups in total. The van der Waals surface area contributed by atoms with Gasteiger partial charge >= 0.3 is 4.87 Å². The zero-order chi connectivity index (χ0) is 12.3. The fraction of sp³-hybridized carbons (Fsp3) is 0.273. The molecule has 0 aromatic carbocycles. The Labute approximate surface area is 102 Å². The maximum absolute atomic E-state index is 12.7. The Bertz CT molecular complexity index is 534. The molecular weight excluding hydrogens is 241 g/mol. The summed E-state index contributed by atoms with van der Waals surface area (Å²) in [5, 5.41) is 4.98. The number of nitrogens with one attached hydrogen (secondary N) is 2. The van der Waals surface area contributed by atoms with Gasteiger partial charge in [0, 0.05) is 23.7 Å². The number of rotatable bonds is 4. The van der Waals surface area contributed by atoms with E-state index in [-0.39, 0.29) is 16.7 Å². The van der Waals surface area contributed by atoms with Gasteiger partial charge in [-0.15, -0.1) is 0 Å². The summed E-state index contributed by atoms with van der Waals surface area (Å²) in [6.45, 7) is 2.49. The molecule has 4 nitrogen and oxygen atoms in total. The molecule has 2 heterocycles. The molecule has 0 aliphatic carbocycles. The summed E-state index contributed by atoms with van der Waals surface area (Å²) >= 11 is 1.14. The standard InChI is InChI=1S/C11H12FN3OS/c1-7(10-3-2-8(12)4-14-10)13-5-9-6-17-11(16)15-9/h2-4,6-7,13H,5H2,1H3,(H,15,16). The number of H-pyrrole nitrogens is 1. The smallest absolute Gasteiger partial charge is 0.304 e. The molecule has 0 spiro atoms. The highest BCUT2D eigenvalue weighted by atomic mass is 32.1. The summed E-state index contributed by atoms with van der Waals surface area (Å²) in [4.78, 5) is 17.6. The Balaban J connectivity index is 1.95. The maximum Gasteiger partial charge on any atom is 0.304 e. The van der Waals surface area contributed by atoms with Crippen molar-refractivity contribution in [2.75, 3.05) is 0 Å². The Hall–Kier alpha value is -1.53. The van der Waals surface area contributed by atoms with Crippen LogP contribution in [0.4, 0.5) is 4.39 Å². The fourth-order valence-electron chi connectivity index (χ4n) is 1.41. The van der Waals surface area contributed by atoms with Crippen molar-refractivity contribution in [3.63, 3.8) is 0 Å². The van der Waals surface area contributed by atoms with Crippen LogP contribution in [0.5, 0.6) is 0 Å². The Morgan fingerprint density at radius 1 is 1.59 bits per heavy atom. The van der Waals surface area contributed by atoms with Crippen molar-refractivity contribution in [1.82, 2.24) is 15.3 Å². The lowest BCUT2D eigenvalue weighted by atomic mass is 10.2. The van der Waals surface area contributed by atoms with E-state index in [1.165, 1.54) is 12.3 Å². The van der Waals surface area contributed by atoms with Gasteiger partial charge in [-0.05, 0) is 19.1 Å². The molecular formula is C11H12FN3OS. The summed E-state index contributed by atoms with van der Waals surface area (Å²) < 4.78 is 12.7. The van der Waals surface area contributed by atoms with Crippen molar-refractivity contribution in [3.05, 3.63) is 50.6 Å². The van der Waals surface area contributed by atoms with Gasteiger partial charge in [0.05, 0.1) is 11.9 Å². The minimum absolute atomic E-state index is 0.000924. The van der Waals surface area contributed by atoms with Crippen LogP contribution in [-0.2, 0) is 6.54 Å². The number of nitrogens with zero attached hydrogens (tertiary/aromatic N) is 1. The SMILES string of the molecule is CC(NCc1csc(=O)[nH]1)c1ccc(F)cn1. The molecule has 6 heteroatoms. The molecule has 0 radical (unpaired) electrons. The molecule has 0 saturated heterocycles. The van der Waals surface area contributed by atoms with E-state index in [2.05, 4.69) is 15.3 Å². The molecule has 2 aromatic heterocycles. The summed E-state index contributed by atoms with van der Waals surface area (Å²) in [5.41, 5.74) is 1.61. The second-order valence-corrected chi connectivity index (χ2v) is 4.52. The predicted molar refractivity (Wildman–Crippen MR) is 64.4 cm³/mol. The van der Waals surface area contributed by atoms with Gasteiger partial charge in [0.1, 0.15) is 5.82 Å². The second kappa shape index (κ2) is 5.20. The van der Waals surface area contributed by atoms with E-state index < -0.39 is 0 Å². The Morgan fingerprint density at radius 3 is 3.00 bits per heavy atom. The van der Waals surface area contributed by atoms with Crippen molar-refractivity contribution in [2.24, 2.45) is 0 Å². The number of thiazole rings is 1. The van der Waals surface area contributed by atoms with Crippen molar-refractivity contribution in [3.8, 4) is 0 Å². The zero-order valence-corrected chi connectivity index (χ0v) is 10.1. The minimum Gasteiger partial charge on any atom is -0.315 e. The molecule has 0 aliphatic rings. The highest BCUT2D eigenvalue weighted by molar-refractivity contribution is 7.07. The first-order valence-electron chi connectivity index (χ1n) is 5.16. The lowest BCUT2D eigenvalue weighted by molar-refractivity contribution is 0.550. The van der Waals surface area contributed by atoms with Crippen LogP contribution in [0.25, 0.3) is 0 Å². The van der Waals surface area contributed by atoms with E-state index in [9.17, 15) is 9.18 Å². The average Bonchev–Trinajstić information content (AvgIpc) is 2.73. The molecule has 1 unspecified atom stereocenters.